The topological polar surface area (TPSA) is 617 Å². The minimum absolute atomic E-state index is 0. The average Bonchev–Trinajstić information content (AvgIpc) is 3.17. The van der Waals surface area contributed by atoms with E-state index in [2.05, 4.69) is 0 Å². The third kappa shape index (κ3) is 28.4. The maximum atomic E-state index is 11.8. The van der Waals surface area contributed by atoms with Gasteiger partial charge in [-0.25, -0.2) is 0 Å². The summed E-state index contributed by atoms with van der Waals surface area (Å²) in [7, 11) is 0. The zero-order chi connectivity index (χ0) is 52.2. The number of carboxylic acid groups (broad SMARTS) is 10. The molecule has 0 bridgehead atoms. The van der Waals surface area contributed by atoms with Gasteiger partial charge in [0.15, 0.2) is 0 Å². The van der Waals surface area contributed by atoms with Crippen molar-refractivity contribution < 1.29 is 150 Å². The Morgan fingerprint density at radius 3 is 0.690 bits per heavy atom. The molecule has 0 aliphatic carbocycles. The summed E-state index contributed by atoms with van der Waals surface area (Å²) in [5.74, 6) is -21.5. The molecule has 0 aromatic rings. The van der Waals surface area contributed by atoms with Gasteiger partial charge in [-0.1, -0.05) is 0 Å². The number of aliphatic carboxylic acids is 10. The van der Waals surface area contributed by atoms with Gasteiger partial charge in [0.1, 0.15) is 47.8 Å². The van der Waals surface area contributed by atoms with Crippen molar-refractivity contribution in [3.63, 3.8) is 0 Å². The van der Waals surface area contributed by atoms with Crippen molar-refractivity contribution in [3.8, 4) is 0 Å². The van der Waals surface area contributed by atoms with Crippen molar-refractivity contribution in [3.05, 3.63) is 0 Å². The van der Waals surface area contributed by atoms with Crippen LogP contribution in [-0.2, 0) is 47.9 Å². The van der Waals surface area contributed by atoms with Gasteiger partial charge >= 0.3 is 115 Å². The summed E-state index contributed by atoms with van der Waals surface area (Å²) in [6.45, 7) is -16.4. The second-order valence-corrected chi connectivity index (χ2v) is 13.8. The van der Waals surface area contributed by atoms with E-state index in [0.29, 0.717) is 9.80 Å². The smallest absolute Gasteiger partial charge is 0.549 e. The molecule has 0 aromatic carbocycles. The monoisotopic (exact) mass is 1080 g/mol. The minimum Gasteiger partial charge on any atom is -0.549 e. The molecule has 2 unspecified atom stereocenters. The summed E-state index contributed by atoms with van der Waals surface area (Å²) in [6.07, 6.45) is -16.0. The molecule has 0 radical (unpaired) electrons. The summed E-state index contributed by atoms with van der Waals surface area (Å²) in [5.41, 5.74) is -7.81. The van der Waals surface area contributed by atoms with E-state index in [9.17, 15) is 140 Å². The summed E-state index contributed by atoms with van der Waals surface area (Å²) < 4.78 is 0. The van der Waals surface area contributed by atoms with Gasteiger partial charge in [-0.3, -0.25) is 19.6 Å². The molecule has 39 heteroatoms. The minimum atomic E-state index is -3.91. The van der Waals surface area contributed by atoms with E-state index in [-0.39, 0.29) is 125 Å². The molecule has 0 amide bonds. The first kappa shape index (κ1) is 83.0. The van der Waals surface area contributed by atoms with Crippen LogP contribution in [0, 0.1) is 0 Å². The Morgan fingerprint density at radius 1 is 0.366 bits per heavy atom. The predicted octanol–water partition coefficient (Wildman–Crippen LogP) is -26.9. The van der Waals surface area contributed by atoms with Crippen LogP contribution >= 0.6 is 0 Å². The Hall–Kier alpha value is -2.03. The Kier molecular flexibility index (Phi) is 46.0. The van der Waals surface area contributed by atoms with E-state index >= 15 is 0 Å². The first-order valence-corrected chi connectivity index (χ1v) is 17.8. The Morgan fingerprint density at radius 2 is 0.549 bits per heavy atom. The molecule has 0 fully saturated rings. The summed E-state index contributed by atoms with van der Waals surface area (Å²) in [5, 5.41) is 210. The first-order chi connectivity index (χ1) is 30.1. The fourth-order valence-corrected chi connectivity index (χ4v) is 5.94. The van der Waals surface area contributed by atoms with Crippen LogP contribution in [0.15, 0.2) is 0 Å². The van der Waals surface area contributed by atoms with Gasteiger partial charge in [0.2, 0.25) is 0 Å². The Balaban J connectivity index is -0.000000216. The largest absolute Gasteiger partial charge is 2.00 e. The van der Waals surface area contributed by atoms with E-state index < -0.39 is 198 Å². The standard InChI is InChI=1S/2C16H26N2O15.5Mg/c2*19-6-7(20)13(29)14(30)16(33,15(31)32)8(18(4-11(25)26)5-12(27)28)1-17(2-9(21)22)3-10(23)24;;;;;/h2*7-8,13-14,19-20,29-30,33H,1-6H2,(H,21,22)(H,23,24)(H,25,26)(H,27,28)(H,31,32);;;;;/q;;5*+2/p-10/t2*7-,8?,13-,14+,16-;;;;;/m11...../s1. The molecule has 0 rings (SSSR count). The normalized spacial score (nSPS) is 15.9. The van der Waals surface area contributed by atoms with Crippen LogP contribution < -0.4 is 51.1 Å². The van der Waals surface area contributed by atoms with Gasteiger partial charge in [-0.15, -0.1) is 0 Å². The molecule has 0 saturated carbocycles. The molecule has 34 nitrogen and oxygen atoms in total. The number of carbonyl (C=O) groups is 10. The van der Waals surface area contributed by atoms with Crippen LogP contribution in [0.5, 0.6) is 0 Å². The van der Waals surface area contributed by atoms with Gasteiger partial charge in [0.25, 0.3) is 0 Å². The van der Waals surface area contributed by atoms with Gasteiger partial charge in [0.05, 0.1) is 85.0 Å². The number of nitrogens with zero attached hydrogens (tertiary/aromatic N) is 4. The zero-order valence-electron chi connectivity index (χ0n) is 37.1. The number of hydrogen-bond donors (Lipinski definition) is 10. The van der Waals surface area contributed by atoms with Crippen molar-refractivity contribution in [2.24, 2.45) is 0 Å². The molecule has 0 saturated heterocycles. The van der Waals surface area contributed by atoms with Crippen molar-refractivity contribution in [1.29, 1.82) is 0 Å². The third-order valence-corrected chi connectivity index (χ3v) is 8.86. The van der Waals surface area contributed by atoms with Gasteiger partial charge in [0, 0.05) is 65.4 Å². The molecule has 71 heavy (non-hydrogen) atoms. The Labute approximate surface area is 479 Å². The summed E-state index contributed by atoms with van der Waals surface area (Å²) in [6, 6.07) is -5.12. The molecule has 10 atom stereocenters. The molecule has 0 spiro atoms. The third-order valence-electron chi connectivity index (χ3n) is 8.86. The number of aliphatic hydroxyl groups is 10. The van der Waals surface area contributed by atoms with Crippen LogP contribution in [0.4, 0.5) is 0 Å². The second-order valence-electron chi connectivity index (χ2n) is 13.8. The van der Waals surface area contributed by atoms with Crippen molar-refractivity contribution in [2.75, 3.05) is 78.7 Å². The zero-order valence-corrected chi connectivity index (χ0v) is 44.1. The summed E-state index contributed by atoms with van der Waals surface area (Å²) >= 11 is 0. The van der Waals surface area contributed by atoms with E-state index in [1.807, 2.05) is 0 Å². The predicted molar refractivity (Wildman–Crippen MR) is 203 cm³/mol. The number of rotatable bonds is 34. The van der Waals surface area contributed by atoms with Crippen LogP contribution in [0.1, 0.15) is 0 Å². The SMILES string of the molecule is O=C([O-])CN(CC(=O)[O-])CC(N(CC(=O)[O-])CC(=O)[O-])[C@](O)(C(=O)[O-])[C@@H](O)[C@H](O)[C@H](O)CO.O=C([O-])CN(CC(=O)[O-])CC(N(CC(=O)[O-])CC(=O)[O-])[C@](O)(C(=O)[O-])[C@@H](O)[C@H](O)[C@H](O)CO.[Mg+2].[Mg+2].[Mg+2].[Mg+2].[Mg+2]. The van der Waals surface area contributed by atoms with E-state index in [0.717, 1.165) is 0 Å². The molecular weight excluding hydrogens is 1040 g/mol. The molecule has 10 N–H and O–H groups in total. The molecule has 0 heterocycles. The number of hydrogen-bond acceptors (Lipinski definition) is 34. The fraction of sp³-hybridized carbons (Fsp3) is 0.688. The van der Waals surface area contributed by atoms with Crippen LogP contribution in [0.2, 0.25) is 0 Å². The fourth-order valence-electron chi connectivity index (χ4n) is 5.94. The van der Waals surface area contributed by atoms with Crippen LogP contribution in [0.25, 0.3) is 0 Å². The van der Waals surface area contributed by atoms with Gasteiger partial charge < -0.3 is 150 Å². The number of carbonyl (C=O) groups excluding carboxylic acids is 10. The van der Waals surface area contributed by atoms with Crippen molar-refractivity contribution in [1.82, 2.24) is 19.6 Å². The van der Waals surface area contributed by atoms with E-state index in [1.54, 1.807) is 0 Å². The Bertz CT molecular complexity index is 1540. The van der Waals surface area contributed by atoms with Gasteiger partial charge in [-0.2, -0.15) is 0 Å². The summed E-state index contributed by atoms with van der Waals surface area (Å²) in [4.78, 5) is 112. The molecule has 0 aliphatic rings. The molecular formula is C32H42Mg5N4O30. The van der Waals surface area contributed by atoms with E-state index in [1.165, 1.54) is 0 Å². The van der Waals surface area contributed by atoms with E-state index in [4.69, 9.17) is 10.2 Å². The van der Waals surface area contributed by atoms with Crippen LogP contribution in [0.3, 0.4) is 0 Å². The molecule has 0 aliphatic heterocycles. The first-order valence-electron chi connectivity index (χ1n) is 17.8. The molecule has 0 aromatic heterocycles. The molecule has 380 valence electrons. The maximum absolute atomic E-state index is 11.8. The average molecular weight is 1080 g/mol. The van der Waals surface area contributed by atoms with Crippen LogP contribution in [-0.4, -0.2) is 384 Å². The quantitative estimate of drug-likeness (QED) is 0.0268. The van der Waals surface area contributed by atoms with Crippen molar-refractivity contribution >= 4 is 175 Å². The number of carboxylic acids is 10. The maximum Gasteiger partial charge on any atom is 2.00 e. The van der Waals surface area contributed by atoms with Gasteiger partial charge in [-0.05, 0) is 0 Å². The second kappa shape index (κ2) is 39.4. The van der Waals surface area contributed by atoms with Crippen molar-refractivity contribution in [2.45, 2.75) is 59.9 Å². The number of aliphatic hydroxyl groups excluding tert-OH is 8.